The van der Waals surface area contributed by atoms with Crippen LogP contribution >= 0.6 is 0 Å². The lowest BCUT2D eigenvalue weighted by molar-refractivity contribution is -0.150. The number of carbonyl (C=O) groups excluding carboxylic acids is 1. The zero-order valence-electron chi connectivity index (χ0n) is 24.3. The molecule has 2 heteroatoms. The van der Waals surface area contributed by atoms with Crippen LogP contribution in [0.1, 0.15) is 111 Å². The van der Waals surface area contributed by atoms with Gasteiger partial charge in [-0.2, -0.15) is 0 Å². The van der Waals surface area contributed by atoms with Crippen molar-refractivity contribution in [2.45, 2.75) is 118 Å². The van der Waals surface area contributed by atoms with E-state index in [4.69, 9.17) is 4.74 Å². The van der Waals surface area contributed by atoms with E-state index in [1.54, 1.807) is 5.57 Å². The quantitative estimate of drug-likeness (QED) is 0.260. The Bertz CT molecular complexity index is 963. The monoisotopic (exact) mass is 504 g/mol. The molecule has 3 saturated carbocycles. The van der Waals surface area contributed by atoms with Crippen LogP contribution in [0.4, 0.5) is 0 Å². The van der Waals surface area contributed by atoms with E-state index in [9.17, 15) is 4.79 Å². The maximum Gasteiger partial charge on any atom is 0.310 e. The molecule has 1 aromatic rings. The van der Waals surface area contributed by atoms with Gasteiger partial charge < -0.3 is 4.74 Å². The molecule has 4 aliphatic rings. The van der Waals surface area contributed by atoms with Crippen LogP contribution in [-0.4, -0.2) is 12.1 Å². The molecule has 4 aliphatic carbocycles. The van der Waals surface area contributed by atoms with E-state index in [2.05, 4.69) is 40.7 Å². The van der Waals surface area contributed by atoms with Crippen LogP contribution in [-0.2, 0) is 16.0 Å². The zero-order valence-corrected chi connectivity index (χ0v) is 24.3. The van der Waals surface area contributed by atoms with Gasteiger partial charge in [0, 0.05) is 6.42 Å². The number of benzene rings is 1. The third-order valence-electron chi connectivity index (χ3n) is 11.7. The summed E-state index contributed by atoms with van der Waals surface area (Å²) in [5.41, 5.74) is 3.51. The first-order valence-corrected chi connectivity index (χ1v) is 15.6. The van der Waals surface area contributed by atoms with Crippen molar-refractivity contribution in [2.75, 3.05) is 0 Å². The van der Waals surface area contributed by atoms with Crippen LogP contribution in [0.5, 0.6) is 0 Å². The molecule has 0 aromatic heterocycles. The molecule has 0 saturated heterocycles. The number of fused-ring (bicyclic) bond motifs is 5. The van der Waals surface area contributed by atoms with Crippen LogP contribution < -0.4 is 0 Å². The number of ether oxygens (including phenoxy) is 1. The van der Waals surface area contributed by atoms with Crippen molar-refractivity contribution in [3.05, 3.63) is 47.5 Å². The molecule has 0 unspecified atom stereocenters. The van der Waals surface area contributed by atoms with Crippen LogP contribution in [0.2, 0.25) is 0 Å². The molecule has 0 heterocycles. The van der Waals surface area contributed by atoms with E-state index in [0.717, 1.165) is 53.9 Å². The lowest BCUT2D eigenvalue weighted by atomic mass is 9.47. The summed E-state index contributed by atoms with van der Waals surface area (Å²) in [6.07, 6.45) is 17.4. The van der Waals surface area contributed by atoms with Crippen molar-refractivity contribution in [3.8, 4) is 0 Å². The van der Waals surface area contributed by atoms with E-state index in [0.29, 0.717) is 17.3 Å². The summed E-state index contributed by atoms with van der Waals surface area (Å²) in [6.45, 7) is 12.6. The Morgan fingerprint density at radius 1 is 0.973 bits per heavy atom. The van der Waals surface area contributed by atoms with Gasteiger partial charge in [-0.25, -0.2) is 0 Å². The highest BCUT2D eigenvalue weighted by molar-refractivity contribution is 5.72. The van der Waals surface area contributed by atoms with Crippen molar-refractivity contribution >= 4 is 5.97 Å². The van der Waals surface area contributed by atoms with E-state index in [1.165, 1.54) is 57.8 Å². The summed E-state index contributed by atoms with van der Waals surface area (Å²) in [7, 11) is 0. The molecule has 8 atom stereocenters. The molecule has 2 nitrogen and oxygen atoms in total. The second kappa shape index (κ2) is 10.9. The highest BCUT2D eigenvalue weighted by atomic mass is 16.5. The smallest absolute Gasteiger partial charge is 0.310 e. The molecule has 5 rings (SSSR count). The van der Waals surface area contributed by atoms with Gasteiger partial charge in [0.2, 0.25) is 0 Å². The molecule has 3 fully saturated rings. The fourth-order valence-electron chi connectivity index (χ4n) is 9.74. The first-order valence-electron chi connectivity index (χ1n) is 15.6. The minimum atomic E-state index is -0.0676. The first-order chi connectivity index (χ1) is 17.7. The Balaban J connectivity index is 1.22. The minimum Gasteiger partial charge on any atom is -0.462 e. The number of hydrogen-bond donors (Lipinski definition) is 0. The van der Waals surface area contributed by atoms with Crippen LogP contribution in [0.25, 0.3) is 0 Å². The van der Waals surface area contributed by atoms with Gasteiger partial charge >= 0.3 is 5.97 Å². The minimum absolute atomic E-state index is 0.0588. The summed E-state index contributed by atoms with van der Waals surface area (Å²) in [6, 6.07) is 10.0. The molecule has 0 aliphatic heterocycles. The Hall–Kier alpha value is -1.57. The molecule has 0 spiro atoms. The van der Waals surface area contributed by atoms with E-state index >= 15 is 0 Å². The highest BCUT2D eigenvalue weighted by Gasteiger charge is 2.59. The third-order valence-corrected chi connectivity index (χ3v) is 11.7. The molecular weight excluding hydrogens is 452 g/mol. The number of hydrogen-bond acceptors (Lipinski definition) is 2. The van der Waals surface area contributed by atoms with Gasteiger partial charge in [0.15, 0.2) is 0 Å². The lowest BCUT2D eigenvalue weighted by Crippen LogP contribution is -2.51. The molecule has 0 bridgehead atoms. The highest BCUT2D eigenvalue weighted by Crippen LogP contribution is 2.67. The van der Waals surface area contributed by atoms with Crippen molar-refractivity contribution in [1.82, 2.24) is 0 Å². The van der Waals surface area contributed by atoms with Gasteiger partial charge in [0.1, 0.15) is 6.10 Å². The van der Waals surface area contributed by atoms with Crippen LogP contribution in [0, 0.1) is 46.3 Å². The predicted molar refractivity (Wildman–Crippen MR) is 153 cm³/mol. The molecule has 1 aromatic carbocycles. The molecule has 0 amide bonds. The molecule has 0 N–H and O–H groups in total. The van der Waals surface area contributed by atoms with Gasteiger partial charge in [-0.15, -0.1) is 0 Å². The summed E-state index contributed by atoms with van der Waals surface area (Å²) < 4.78 is 6.02. The van der Waals surface area contributed by atoms with E-state index in [-0.39, 0.29) is 12.1 Å². The van der Waals surface area contributed by atoms with E-state index < -0.39 is 0 Å². The zero-order chi connectivity index (χ0) is 26.2. The fourth-order valence-corrected chi connectivity index (χ4v) is 9.74. The van der Waals surface area contributed by atoms with Crippen molar-refractivity contribution in [1.29, 1.82) is 0 Å². The predicted octanol–water partition coefficient (Wildman–Crippen LogP) is 9.18. The molecule has 0 radical (unpaired) electrons. The average molecular weight is 505 g/mol. The van der Waals surface area contributed by atoms with E-state index in [1.807, 2.05) is 30.3 Å². The number of carbonyl (C=O) groups is 1. The van der Waals surface area contributed by atoms with Gasteiger partial charge in [0.25, 0.3) is 0 Å². The standard InChI is InChI=1S/C35H52O2/c1-24(2)10-9-11-25(3)30-16-17-31-29-15-14-27-23-28(37-33(36)22-26-12-7-6-8-13-26)18-20-34(27,4)32(29)19-21-35(30,31)5/h6-8,12-14,24-25,28-32H,9-11,15-23H2,1-5H3/t25-,28-,29-,30-,31+,32+,34-,35-/m0/s1. The SMILES string of the molecule is CC(C)CCC[C@H](C)[C@@H]1CC[C@@H]2[C@@H]3CC=C4C[C@@H](OC(=O)Cc5ccccc5)CC[C@]4(C)[C@@H]3CC[C@]21C. The molecular formula is C35H52O2. The Morgan fingerprint density at radius 2 is 1.76 bits per heavy atom. The normalized spacial score (nSPS) is 37.8. The van der Waals surface area contributed by atoms with Gasteiger partial charge in [-0.05, 0) is 96.8 Å². The Labute approximate surface area is 227 Å². The summed E-state index contributed by atoms with van der Waals surface area (Å²) >= 11 is 0. The number of esters is 1. The second-order valence-electron chi connectivity index (χ2n) is 14.3. The van der Waals surface area contributed by atoms with Crippen LogP contribution in [0.3, 0.4) is 0 Å². The lowest BCUT2D eigenvalue weighted by Gasteiger charge is -2.58. The maximum atomic E-state index is 12.7. The number of allylic oxidation sites excluding steroid dienone is 1. The maximum absolute atomic E-state index is 12.7. The first kappa shape index (κ1) is 27.0. The van der Waals surface area contributed by atoms with Gasteiger partial charge in [-0.1, -0.05) is 95.9 Å². The Kier molecular flexibility index (Phi) is 7.95. The second-order valence-corrected chi connectivity index (χ2v) is 14.3. The summed E-state index contributed by atoms with van der Waals surface area (Å²) in [4.78, 5) is 12.7. The third kappa shape index (κ3) is 5.33. The van der Waals surface area contributed by atoms with Crippen molar-refractivity contribution < 1.29 is 9.53 Å². The number of rotatable bonds is 8. The molecule has 204 valence electrons. The average Bonchev–Trinajstić information content (AvgIpc) is 3.22. The summed E-state index contributed by atoms with van der Waals surface area (Å²) in [5.74, 6) is 5.14. The van der Waals surface area contributed by atoms with Crippen molar-refractivity contribution in [3.63, 3.8) is 0 Å². The fraction of sp³-hybridized carbons (Fsp3) is 0.743. The van der Waals surface area contributed by atoms with Gasteiger partial charge in [-0.3, -0.25) is 4.79 Å². The Morgan fingerprint density at radius 3 is 2.51 bits per heavy atom. The largest absolute Gasteiger partial charge is 0.462 e. The van der Waals surface area contributed by atoms with Gasteiger partial charge in [0.05, 0.1) is 6.42 Å². The molecule has 37 heavy (non-hydrogen) atoms. The van der Waals surface area contributed by atoms with Crippen LogP contribution in [0.15, 0.2) is 42.0 Å². The summed E-state index contributed by atoms with van der Waals surface area (Å²) in [5, 5.41) is 0. The van der Waals surface area contributed by atoms with Crippen molar-refractivity contribution in [2.24, 2.45) is 46.3 Å². The topological polar surface area (TPSA) is 26.3 Å².